The van der Waals surface area contributed by atoms with E-state index in [-0.39, 0.29) is 6.04 Å². The summed E-state index contributed by atoms with van der Waals surface area (Å²) in [7, 11) is 1.97. The Morgan fingerprint density at radius 2 is 1.95 bits per heavy atom. The summed E-state index contributed by atoms with van der Waals surface area (Å²) in [6.07, 6.45) is 1.84. The molecule has 1 unspecified atom stereocenters. The Balaban J connectivity index is 2.26. The van der Waals surface area contributed by atoms with Crippen LogP contribution in [0.3, 0.4) is 0 Å². The molecule has 0 saturated carbocycles. The van der Waals surface area contributed by atoms with E-state index >= 15 is 0 Å². The molecule has 102 valence electrons. The minimum Gasteiger partial charge on any atom is -0.494 e. The van der Waals surface area contributed by atoms with Gasteiger partial charge in [0, 0.05) is 12.7 Å². The van der Waals surface area contributed by atoms with Crippen molar-refractivity contribution in [2.24, 2.45) is 0 Å². The maximum Gasteiger partial charge on any atom is 0.119 e. The third kappa shape index (κ3) is 2.96. The zero-order valence-electron chi connectivity index (χ0n) is 11.8. The van der Waals surface area contributed by atoms with Crippen molar-refractivity contribution < 1.29 is 4.74 Å². The molecular formula is C15H21N3O. The Labute approximate surface area is 114 Å². The van der Waals surface area contributed by atoms with Crippen LogP contribution in [0.15, 0.2) is 36.5 Å². The first-order valence-electron chi connectivity index (χ1n) is 6.71. The van der Waals surface area contributed by atoms with E-state index in [0.29, 0.717) is 6.61 Å². The highest BCUT2D eigenvalue weighted by Crippen LogP contribution is 2.23. The minimum absolute atomic E-state index is 0.151. The molecule has 0 bridgehead atoms. The maximum absolute atomic E-state index is 5.47. The minimum atomic E-state index is 0.151. The second-order valence-electron chi connectivity index (χ2n) is 4.30. The van der Waals surface area contributed by atoms with Gasteiger partial charge in [-0.2, -0.15) is 5.10 Å². The molecule has 1 heterocycles. The van der Waals surface area contributed by atoms with Crippen LogP contribution in [0.25, 0.3) is 0 Å². The molecule has 0 fully saturated rings. The lowest BCUT2D eigenvalue weighted by Crippen LogP contribution is -2.21. The van der Waals surface area contributed by atoms with E-state index in [4.69, 9.17) is 4.74 Å². The van der Waals surface area contributed by atoms with Gasteiger partial charge in [0.25, 0.3) is 0 Å². The van der Waals surface area contributed by atoms with Crippen LogP contribution in [0.1, 0.15) is 31.1 Å². The lowest BCUT2D eigenvalue weighted by molar-refractivity contribution is 0.340. The van der Waals surface area contributed by atoms with Crippen LogP contribution in [0, 0.1) is 0 Å². The Morgan fingerprint density at radius 3 is 2.53 bits per heavy atom. The highest BCUT2D eigenvalue weighted by atomic mass is 16.5. The van der Waals surface area contributed by atoms with E-state index in [2.05, 4.69) is 35.5 Å². The molecule has 0 saturated heterocycles. The summed E-state index contributed by atoms with van der Waals surface area (Å²) >= 11 is 0. The topological polar surface area (TPSA) is 39.1 Å². The van der Waals surface area contributed by atoms with Crippen LogP contribution < -0.4 is 10.1 Å². The highest BCUT2D eigenvalue weighted by molar-refractivity contribution is 5.33. The van der Waals surface area contributed by atoms with Crippen molar-refractivity contribution in [1.82, 2.24) is 15.1 Å². The molecule has 0 aliphatic carbocycles. The zero-order chi connectivity index (χ0) is 13.7. The maximum atomic E-state index is 5.47. The molecule has 0 aliphatic rings. The third-order valence-electron chi connectivity index (χ3n) is 3.16. The number of rotatable bonds is 6. The standard InChI is InChI=1S/C15H21N3O/c1-4-18-14(10-11-17-18)15(16-3)12-6-8-13(9-7-12)19-5-2/h6-11,15-16H,4-5H2,1-3H3. The number of benzene rings is 1. The van der Waals surface area contributed by atoms with Crippen molar-refractivity contribution in [2.75, 3.05) is 13.7 Å². The molecule has 0 aliphatic heterocycles. The highest BCUT2D eigenvalue weighted by Gasteiger charge is 2.15. The molecule has 19 heavy (non-hydrogen) atoms. The smallest absolute Gasteiger partial charge is 0.119 e. The predicted molar refractivity (Wildman–Crippen MR) is 76.4 cm³/mol. The van der Waals surface area contributed by atoms with Crippen LogP contribution in [-0.4, -0.2) is 23.4 Å². The van der Waals surface area contributed by atoms with Gasteiger partial charge >= 0.3 is 0 Å². The molecule has 0 spiro atoms. The number of ether oxygens (including phenoxy) is 1. The average Bonchev–Trinajstić information content (AvgIpc) is 2.90. The molecule has 2 aromatic rings. The molecule has 1 atom stereocenters. The van der Waals surface area contributed by atoms with Crippen molar-refractivity contribution in [3.63, 3.8) is 0 Å². The van der Waals surface area contributed by atoms with Crippen molar-refractivity contribution >= 4 is 0 Å². The van der Waals surface area contributed by atoms with Gasteiger partial charge in [-0.3, -0.25) is 4.68 Å². The van der Waals surface area contributed by atoms with Crippen molar-refractivity contribution in [3.8, 4) is 5.75 Å². The fourth-order valence-electron chi connectivity index (χ4n) is 2.26. The van der Waals surface area contributed by atoms with E-state index in [0.717, 1.165) is 12.3 Å². The summed E-state index contributed by atoms with van der Waals surface area (Å²) in [5, 5.41) is 7.67. The number of nitrogens with one attached hydrogen (secondary N) is 1. The lowest BCUT2D eigenvalue weighted by Gasteiger charge is -2.18. The molecule has 1 aromatic carbocycles. The second kappa shape index (κ2) is 6.38. The normalized spacial score (nSPS) is 12.4. The second-order valence-corrected chi connectivity index (χ2v) is 4.30. The van der Waals surface area contributed by atoms with Gasteiger partial charge in [0.15, 0.2) is 0 Å². The Hall–Kier alpha value is -1.81. The van der Waals surface area contributed by atoms with Gasteiger partial charge in [-0.05, 0) is 44.7 Å². The largest absolute Gasteiger partial charge is 0.494 e. The Morgan fingerprint density at radius 1 is 1.21 bits per heavy atom. The van der Waals surface area contributed by atoms with Gasteiger partial charge in [0.05, 0.1) is 18.3 Å². The number of aromatic nitrogens is 2. The van der Waals surface area contributed by atoms with Gasteiger partial charge < -0.3 is 10.1 Å². The first-order valence-corrected chi connectivity index (χ1v) is 6.71. The van der Waals surface area contributed by atoms with Crippen LogP contribution in [-0.2, 0) is 6.54 Å². The van der Waals surface area contributed by atoms with E-state index < -0.39 is 0 Å². The summed E-state index contributed by atoms with van der Waals surface area (Å²) in [5.74, 6) is 0.908. The van der Waals surface area contributed by atoms with E-state index in [1.54, 1.807) is 0 Å². The summed E-state index contributed by atoms with van der Waals surface area (Å²) < 4.78 is 7.48. The third-order valence-corrected chi connectivity index (χ3v) is 3.16. The fourth-order valence-corrected chi connectivity index (χ4v) is 2.26. The fraction of sp³-hybridized carbons (Fsp3) is 0.400. The monoisotopic (exact) mass is 259 g/mol. The predicted octanol–water partition coefficient (Wildman–Crippen LogP) is 2.61. The summed E-state index contributed by atoms with van der Waals surface area (Å²) in [5.41, 5.74) is 2.38. The van der Waals surface area contributed by atoms with Crippen molar-refractivity contribution in [3.05, 3.63) is 47.8 Å². The number of hydrogen-bond donors (Lipinski definition) is 1. The molecule has 1 N–H and O–H groups in total. The molecular weight excluding hydrogens is 238 g/mol. The van der Waals surface area contributed by atoms with Crippen LogP contribution in [0.4, 0.5) is 0 Å². The summed E-state index contributed by atoms with van der Waals surface area (Å²) in [6.45, 7) is 5.65. The zero-order valence-corrected chi connectivity index (χ0v) is 11.8. The van der Waals surface area contributed by atoms with Gasteiger partial charge in [0.2, 0.25) is 0 Å². The van der Waals surface area contributed by atoms with Crippen molar-refractivity contribution in [1.29, 1.82) is 0 Å². The Kier molecular flexibility index (Phi) is 4.58. The van der Waals surface area contributed by atoms with Crippen LogP contribution in [0.5, 0.6) is 5.75 Å². The van der Waals surface area contributed by atoms with Crippen molar-refractivity contribution in [2.45, 2.75) is 26.4 Å². The van der Waals surface area contributed by atoms with Gasteiger partial charge in [-0.1, -0.05) is 12.1 Å². The van der Waals surface area contributed by atoms with E-state index in [1.807, 2.05) is 37.0 Å². The first-order chi connectivity index (χ1) is 9.30. The number of nitrogens with zero attached hydrogens (tertiary/aromatic N) is 2. The molecule has 4 nitrogen and oxygen atoms in total. The van der Waals surface area contributed by atoms with Crippen LogP contribution in [0.2, 0.25) is 0 Å². The summed E-state index contributed by atoms with van der Waals surface area (Å²) in [6, 6.07) is 10.4. The summed E-state index contributed by atoms with van der Waals surface area (Å²) in [4.78, 5) is 0. The SMILES string of the molecule is CCOc1ccc(C(NC)c2ccnn2CC)cc1. The van der Waals surface area contributed by atoms with E-state index in [9.17, 15) is 0 Å². The first kappa shape index (κ1) is 13.6. The van der Waals surface area contributed by atoms with Gasteiger partial charge in [-0.15, -0.1) is 0 Å². The molecule has 4 heteroatoms. The van der Waals surface area contributed by atoms with E-state index in [1.165, 1.54) is 11.3 Å². The molecule has 2 rings (SSSR count). The molecule has 1 aromatic heterocycles. The molecule has 0 radical (unpaired) electrons. The number of aryl methyl sites for hydroxylation is 1. The van der Waals surface area contributed by atoms with Gasteiger partial charge in [0.1, 0.15) is 5.75 Å². The Bertz CT molecular complexity index is 504. The lowest BCUT2D eigenvalue weighted by atomic mass is 10.0. The average molecular weight is 259 g/mol. The quantitative estimate of drug-likeness (QED) is 0.866. The number of hydrogen-bond acceptors (Lipinski definition) is 3. The van der Waals surface area contributed by atoms with Gasteiger partial charge in [-0.25, -0.2) is 0 Å². The molecule has 0 amide bonds. The van der Waals surface area contributed by atoms with Crippen LogP contribution >= 0.6 is 0 Å².